The first-order chi connectivity index (χ1) is 9.96. The van der Waals surface area contributed by atoms with Gasteiger partial charge in [-0.25, -0.2) is 9.97 Å². The Kier molecular flexibility index (Phi) is 4.31. The Morgan fingerprint density at radius 2 is 1.57 bits per heavy atom. The fourth-order valence-electron chi connectivity index (χ4n) is 2.04. The molecule has 0 aliphatic heterocycles. The lowest BCUT2D eigenvalue weighted by Crippen LogP contribution is -2.06. The van der Waals surface area contributed by atoms with Crippen molar-refractivity contribution in [3.63, 3.8) is 0 Å². The second-order valence-electron chi connectivity index (χ2n) is 5.20. The molecule has 0 bridgehead atoms. The van der Waals surface area contributed by atoms with Gasteiger partial charge in [0.15, 0.2) is 0 Å². The van der Waals surface area contributed by atoms with E-state index in [1.165, 1.54) is 0 Å². The maximum absolute atomic E-state index is 6.02. The zero-order valence-corrected chi connectivity index (χ0v) is 13.1. The number of methoxy groups -OCH3 is 2. The number of nitrogens with zero attached hydrogens (tertiary/aromatic N) is 2. The lowest BCUT2D eigenvalue weighted by Gasteiger charge is -2.14. The van der Waals surface area contributed by atoms with Crippen molar-refractivity contribution in [3.05, 3.63) is 29.6 Å². The molecule has 112 valence electrons. The van der Waals surface area contributed by atoms with Crippen molar-refractivity contribution in [2.45, 2.75) is 26.7 Å². The second-order valence-corrected chi connectivity index (χ2v) is 5.20. The topological polar surface area (TPSA) is 70.3 Å². The third-order valence-electron chi connectivity index (χ3n) is 3.34. The van der Waals surface area contributed by atoms with Gasteiger partial charge in [-0.3, -0.25) is 0 Å². The van der Waals surface area contributed by atoms with E-state index in [1.807, 2.05) is 39.0 Å². The number of hydrogen-bond donors (Lipinski definition) is 1. The molecule has 2 N–H and O–H groups in total. The molecule has 0 spiro atoms. The molecule has 5 heteroatoms. The summed E-state index contributed by atoms with van der Waals surface area (Å²) in [6.45, 7) is 6.00. The number of ether oxygens (including phenoxy) is 2. The molecule has 0 radical (unpaired) electrons. The first-order valence-electron chi connectivity index (χ1n) is 6.83. The molecule has 2 aromatic rings. The summed E-state index contributed by atoms with van der Waals surface area (Å²) < 4.78 is 10.6. The van der Waals surface area contributed by atoms with Gasteiger partial charge in [-0.2, -0.15) is 0 Å². The molecule has 1 aromatic carbocycles. The average molecular weight is 287 g/mol. The molecule has 5 nitrogen and oxygen atoms in total. The summed E-state index contributed by atoms with van der Waals surface area (Å²) in [5, 5.41) is 0. The van der Waals surface area contributed by atoms with Gasteiger partial charge < -0.3 is 15.2 Å². The number of hydrogen-bond acceptors (Lipinski definition) is 5. The summed E-state index contributed by atoms with van der Waals surface area (Å²) in [4.78, 5) is 9.00. The number of rotatable bonds is 4. The normalized spacial score (nSPS) is 10.8. The van der Waals surface area contributed by atoms with Gasteiger partial charge in [0.1, 0.15) is 23.1 Å². The Morgan fingerprint density at radius 1 is 1.00 bits per heavy atom. The molecule has 1 aromatic heterocycles. The predicted molar refractivity (Wildman–Crippen MR) is 83.8 cm³/mol. The highest BCUT2D eigenvalue weighted by Crippen LogP contribution is 2.32. The molecule has 0 aliphatic rings. The monoisotopic (exact) mass is 287 g/mol. The Labute approximate surface area is 125 Å². The van der Waals surface area contributed by atoms with Crippen molar-refractivity contribution in [1.29, 1.82) is 0 Å². The first-order valence-corrected chi connectivity index (χ1v) is 6.83. The van der Waals surface area contributed by atoms with Crippen LogP contribution in [-0.2, 0) is 0 Å². The second kappa shape index (κ2) is 5.99. The van der Waals surface area contributed by atoms with Crippen LogP contribution in [-0.4, -0.2) is 24.2 Å². The highest BCUT2D eigenvalue weighted by Gasteiger charge is 2.14. The van der Waals surface area contributed by atoms with Crippen LogP contribution in [0.4, 0.5) is 5.82 Å². The average Bonchev–Trinajstić information content (AvgIpc) is 2.48. The van der Waals surface area contributed by atoms with E-state index < -0.39 is 0 Å². The standard InChI is InChI=1S/C16H21N3O2/c1-9(2)16-18-14(10(3)15(17)19-16)11-6-12(20-4)8-13(7-11)21-5/h6-9H,1-5H3,(H2,17,18,19). The Morgan fingerprint density at radius 3 is 2.05 bits per heavy atom. The molecule has 0 unspecified atom stereocenters. The highest BCUT2D eigenvalue weighted by atomic mass is 16.5. The Bertz CT molecular complexity index is 632. The van der Waals surface area contributed by atoms with Gasteiger partial charge in [-0.1, -0.05) is 13.8 Å². The molecule has 0 saturated carbocycles. The van der Waals surface area contributed by atoms with E-state index in [-0.39, 0.29) is 5.92 Å². The van der Waals surface area contributed by atoms with E-state index >= 15 is 0 Å². The number of nitrogen functional groups attached to an aromatic ring is 1. The summed E-state index contributed by atoms with van der Waals surface area (Å²) >= 11 is 0. The molecule has 21 heavy (non-hydrogen) atoms. The molecule has 0 saturated heterocycles. The van der Waals surface area contributed by atoms with E-state index in [0.717, 1.165) is 22.6 Å². The van der Waals surface area contributed by atoms with Crippen molar-refractivity contribution >= 4 is 5.82 Å². The number of anilines is 1. The smallest absolute Gasteiger partial charge is 0.133 e. The van der Waals surface area contributed by atoms with Crippen LogP contribution in [0.2, 0.25) is 0 Å². The lowest BCUT2D eigenvalue weighted by atomic mass is 10.1. The quantitative estimate of drug-likeness (QED) is 0.935. The molecular weight excluding hydrogens is 266 g/mol. The number of benzene rings is 1. The minimum atomic E-state index is 0.208. The summed E-state index contributed by atoms with van der Waals surface area (Å²) in [7, 11) is 3.25. The zero-order chi connectivity index (χ0) is 15.6. The largest absolute Gasteiger partial charge is 0.497 e. The van der Waals surface area contributed by atoms with Crippen molar-refractivity contribution < 1.29 is 9.47 Å². The highest BCUT2D eigenvalue weighted by molar-refractivity contribution is 5.70. The molecule has 0 aliphatic carbocycles. The van der Waals surface area contributed by atoms with Crippen LogP contribution in [0.5, 0.6) is 11.5 Å². The van der Waals surface area contributed by atoms with Crippen molar-refractivity contribution in [2.75, 3.05) is 20.0 Å². The summed E-state index contributed by atoms with van der Waals surface area (Å²) in [6, 6.07) is 5.66. The Hall–Kier alpha value is -2.30. The molecule has 0 fully saturated rings. The van der Waals surface area contributed by atoms with Gasteiger partial charge in [0.2, 0.25) is 0 Å². The molecule has 0 atom stereocenters. The van der Waals surface area contributed by atoms with Crippen LogP contribution in [0.15, 0.2) is 18.2 Å². The van der Waals surface area contributed by atoms with Gasteiger partial charge in [0.05, 0.1) is 19.9 Å². The van der Waals surface area contributed by atoms with E-state index in [4.69, 9.17) is 15.2 Å². The number of aromatic nitrogens is 2. The molecular formula is C16H21N3O2. The van der Waals surface area contributed by atoms with Gasteiger partial charge in [0.25, 0.3) is 0 Å². The van der Waals surface area contributed by atoms with Crippen molar-refractivity contribution in [1.82, 2.24) is 9.97 Å². The Balaban J connectivity index is 2.65. The third-order valence-corrected chi connectivity index (χ3v) is 3.34. The van der Waals surface area contributed by atoms with Crippen LogP contribution in [0.3, 0.4) is 0 Å². The van der Waals surface area contributed by atoms with Crippen LogP contribution < -0.4 is 15.2 Å². The van der Waals surface area contributed by atoms with Crippen LogP contribution in [0.25, 0.3) is 11.3 Å². The lowest BCUT2D eigenvalue weighted by molar-refractivity contribution is 0.394. The van der Waals surface area contributed by atoms with Crippen molar-refractivity contribution in [2.24, 2.45) is 0 Å². The van der Waals surface area contributed by atoms with Crippen LogP contribution in [0, 0.1) is 6.92 Å². The van der Waals surface area contributed by atoms with Gasteiger partial charge in [-0.05, 0) is 19.1 Å². The van der Waals surface area contributed by atoms with Gasteiger partial charge in [0, 0.05) is 23.1 Å². The zero-order valence-electron chi connectivity index (χ0n) is 13.1. The molecule has 2 rings (SSSR count). The number of nitrogens with two attached hydrogens (primary N) is 1. The predicted octanol–water partition coefficient (Wildman–Crippen LogP) is 3.17. The van der Waals surface area contributed by atoms with E-state index in [9.17, 15) is 0 Å². The van der Waals surface area contributed by atoms with Crippen molar-refractivity contribution in [3.8, 4) is 22.8 Å². The fraction of sp³-hybridized carbons (Fsp3) is 0.375. The first kappa shape index (κ1) is 15.1. The summed E-state index contributed by atoms with van der Waals surface area (Å²) in [6.07, 6.45) is 0. The maximum Gasteiger partial charge on any atom is 0.133 e. The van der Waals surface area contributed by atoms with Crippen LogP contribution >= 0.6 is 0 Å². The summed E-state index contributed by atoms with van der Waals surface area (Å²) in [5.41, 5.74) is 8.59. The van der Waals surface area contributed by atoms with Gasteiger partial charge >= 0.3 is 0 Å². The van der Waals surface area contributed by atoms with Gasteiger partial charge in [-0.15, -0.1) is 0 Å². The van der Waals surface area contributed by atoms with E-state index in [2.05, 4.69) is 9.97 Å². The minimum Gasteiger partial charge on any atom is -0.497 e. The maximum atomic E-state index is 6.02. The SMILES string of the molecule is COc1cc(OC)cc(-c2nc(C(C)C)nc(N)c2C)c1. The van der Waals surface area contributed by atoms with Crippen LogP contribution in [0.1, 0.15) is 31.2 Å². The minimum absolute atomic E-state index is 0.208. The van der Waals surface area contributed by atoms with E-state index in [0.29, 0.717) is 17.3 Å². The van der Waals surface area contributed by atoms with E-state index in [1.54, 1.807) is 14.2 Å². The molecule has 1 heterocycles. The summed E-state index contributed by atoms with van der Waals surface area (Å²) in [5.74, 6) is 2.87. The fourth-order valence-corrected chi connectivity index (χ4v) is 2.04. The third kappa shape index (κ3) is 3.07. The molecule has 0 amide bonds.